The molecule has 0 fully saturated rings. The second kappa shape index (κ2) is 20.2. The highest BCUT2D eigenvalue weighted by Gasteiger charge is 2.04. The van der Waals surface area contributed by atoms with E-state index in [2.05, 4.69) is 13.5 Å². The van der Waals surface area contributed by atoms with Crippen molar-refractivity contribution in [3.8, 4) is 0 Å². The van der Waals surface area contributed by atoms with E-state index in [0.29, 0.717) is 6.42 Å². The number of carbonyl (C=O) groups excluding carboxylic acids is 1. The minimum Gasteiger partial charge on any atom is -0.463 e. The largest absolute Gasteiger partial charge is 0.463 e. The van der Waals surface area contributed by atoms with E-state index in [4.69, 9.17) is 4.74 Å². The van der Waals surface area contributed by atoms with Crippen molar-refractivity contribution in [2.45, 2.75) is 111 Å². The van der Waals surface area contributed by atoms with E-state index in [1.165, 1.54) is 64.2 Å². The molecule has 0 heterocycles. The lowest BCUT2D eigenvalue weighted by molar-refractivity contribution is -0.147. The summed E-state index contributed by atoms with van der Waals surface area (Å²) in [4.78, 5) is 11.3. The summed E-state index contributed by atoms with van der Waals surface area (Å²) < 4.78 is 5.10. The molecule has 22 heavy (non-hydrogen) atoms. The molecule has 0 aliphatic carbocycles. The molecule has 0 saturated carbocycles. The van der Waals surface area contributed by atoms with Crippen molar-refractivity contribution >= 4 is 5.97 Å². The Morgan fingerprint density at radius 3 is 1.64 bits per heavy atom. The molecule has 2 heteroatoms. The molecule has 0 aromatic heterocycles. The summed E-state index contributed by atoms with van der Waals surface area (Å²) >= 11 is 0. The van der Waals surface area contributed by atoms with Crippen LogP contribution >= 0.6 is 0 Å². The molecule has 0 N–H and O–H groups in total. The van der Waals surface area contributed by atoms with Gasteiger partial charge in [-0.15, -0.1) is 6.58 Å². The Bertz CT molecular complexity index is 234. The SMILES string of the molecule is C=CC.CCCCCCCCCCCCCC(=O)OC(C)C. The molecule has 0 saturated heterocycles. The van der Waals surface area contributed by atoms with E-state index >= 15 is 0 Å². The van der Waals surface area contributed by atoms with E-state index in [-0.39, 0.29) is 12.1 Å². The highest BCUT2D eigenvalue weighted by molar-refractivity contribution is 5.69. The van der Waals surface area contributed by atoms with Crippen LogP contribution in [0.5, 0.6) is 0 Å². The van der Waals surface area contributed by atoms with Gasteiger partial charge in [0.1, 0.15) is 0 Å². The fourth-order valence-electron chi connectivity index (χ4n) is 2.26. The molecule has 0 radical (unpaired) electrons. The Hall–Kier alpha value is -0.790. The van der Waals surface area contributed by atoms with Gasteiger partial charge in [0.05, 0.1) is 6.10 Å². The minimum absolute atomic E-state index is 0.0280. The first-order valence-electron chi connectivity index (χ1n) is 9.34. The topological polar surface area (TPSA) is 26.3 Å². The molecule has 0 bridgehead atoms. The number of allylic oxidation sites excluding steroid dienone is 1. The summed E-state index contributed by atoms with van der Waals surface area (Å²) in [6.45, 7) is 11.3. The van der Waals surface area contributed by atoms with Gasteiger partial charge in [0.15, 0.2) is 0 Å². The van der Waals surface area contributed by atoms with Gasteiger partial charge in [-0.25, -0.2) is 0 Å². The Morgan fingerprint density at radius 2 is 1.27 bits per heavy atom. The standard InChI is InChI=1S/C17H34O2.C3H6/c1-4-5-6-7-8-9-10-11-12-13-14-15-17(18)19-16(2)3;1-3-2/h16H,4-15H2,1-3H3;3H,1H2,2H3. The highest BCUT2D eigenvalue weighted by Crippen LogP contribution is 2.12. The van der Waals surface area contributed by atoms with Gasteiger partial charge in [-0.2, -0.15) is 0 Å². The van der Waals surface area contributed by atoms with Crippen molar-refractivity contribution in [2.24, 2.45) is 0 Å². The molecule has 0 amide bonds. The van der Waals surface area contributed by atoms with Crippen LogP contribution in [0.25, 0.3) is 0 Å². The molecule has 0 aliphatic heterocycles. The predicted octanol–water partition coefficient (Wildman–Crippen LogP) is 6.83. The van der Waals surface area contributed by atoms with E-state index in [9.17, 15) is 4.79 Å². The first-order valence-corrected chi connectivity index (χ1v) is 9.34. The number of carbonyl (C=O) groups is 1. The predicted molar refractivity (Wildman–Crippen MR) is 98.2 cm³/mol. The number of hydrogen-bond acceptors (Lipinski definition) is 2. The molecule has 0 aromatic carbocycles. The van der Waals surface area contributed by atoms with E-state index in [1.54, 1.807) is 6.08 Å². The second-order valence-corrected chi connectivity index (χ2v) is 6.23. The summed E-state index contributed by atoms with van der Waals surface area (Å²) in [5.41, 5.74) is 0. The van der Waals surface area contributed by atoms with Crippen LogP contribution in [0.1, 0.15) is 105 Å². The summed E-state index contributed by atoms with van der Waals surface area (Å²) in [5.74, 6) is -0.0362. The van der Waals surface area contributed by atoms with Gasteiger partial charge in [-0.3, -0.25) is 4.79 Å². The van der Waals surface area contributed by atoms with Crippen molar-refractivity contribution in [2.75, 3.05) is 0 Å². The highest BCUT2D eigenvalue weighted by atomic mass is 16.5. The monoisotopic (exact) mass is 312 g/mol. The van der Waals surface area contributed by atoms with E-state index < -0.39 is 0 Å². The van der Waals surface area contributed by atoms with Gasteiger partial charge in [-0.1, -0.05) is 77.2 Å². The van der Waals surface area contributed by atoms with Crippen LogP contribution in [0.2, 0.25) is 0 Å². The maximum atomic E-state index is 11.3. The lowest BCUT2D eigenvalue weighted by Crippen LogP contribution is -2.10. The van der Waals surface area contributed by atoms with Crippen LogP contribution in [-0.4, -0.2) is 12.1 Å². The van der Waals surface area contributed by atoms with Crippen molar-refractivity contribution in [1.82, 2.24) is 0 Å². The van der Waals surface area contributed by atoms with Gasteiger partial charge >= 0.3 is 5.97 Å². The number of ether oxygens (including phenoxy) is 1. The Labute approximate surface area is 139 Å². The molecular formula is C20H40O2. The van der Waals surface area contributed by atoms with Gasteiger partial charge in [0.2, 0.25) is 0 Å². The zero-order valence-corrected chi connectivity index (χ0v) is 15.7. The van der Waals surface area contributed by atoms with Crippen molar-refractivity contribution in [3.63, 3.8) is 0 Å². The molecule has 0 atom stereocenters. The van der Waals surface area contributed by atoms with Crippen molar-refractivity contribution in [3.05, 3.63) is 12.7 Å². The molecule has 0 aliphatic rings. The van der Waals surface area contributed by atoms with Gasteiger partial charge in [0, 0.05) is 6.42 Å². The van der Waals surface area contributed by atoms with Crippen LogP contribution in [0, 0.1) is 0 Å². The van der Waals surface area contributed by atoms with E-state index in [0.717, 1.165) is 6.42 Å². The quantitative estimate of drug-likeness (QED) is 0.211. The molecule has 0 unspecified atom stereocenters. The van der Waals surface area contributed by atoms with Gasteiger partial charge < -0.3 is 4.74 Å². The van der Waals surface area contributed by atoms with Crippen molar-refractivity contribution < 1.29 is 9.53 Å². The van der Waals surface area contributed by atoms with Crippen LogP contribution in [0.3, 0.4) is 0 Å². The number of hydrogen-bond donors (Lipinski definition) is 0. The molecule has 132 valence electrons. The first-order chi connectivity index (χ1) is 10.6. The average Bonchev–Trinajstić information content (AvgIpc) is 2.45. The minimum atomic E-state index is -0.0362. The fourth-order valence-corrected chi connectivity index (χ4v) is 2.26. The molecule has 0 spiro atoms. The number of esters is 1. The second-order valence-electron chi connectivity index (χ2n) is 6.23. The number of unbranched alkanes of at least 4 members (excludes halogenated alkanes) is 10. The third-order valence-corrected chi connectivity index (χ3v) is 3.35. The Morgan fingerprint density at radius 1 is 0.909 bits per heavy atom. The van der Waals surface area contributed by atoms with Crippen LogP contribution in [0.15, 0.2) is 12.7 Å². The molecule has 0 aromatic rings. The summed E-state index contributed by atoms with van der Waals surface area (Å²) in [5, 5.41) is 0. The maximum absolute atomic E-state index is 11.3. The summed E-state index contributed by atoms with van der Waals surface area (Å²) in [7, 11) is 0. The third-order valence-electron chi connectivity index (χ3n) is 3.35. The lowest BCUT2D eigenvalue weighted by Gasteiger charge is -2.07. The lowest BCUT2D eigenvalue weighted by atomic mass is 10.1. The fraction of sp³-hybridized carbons (Fsp3) is 0.850. The summed E-state index contributed by atoms with van der Waals surface area (Å²) in [6, 6.07) is 0. The maximum Gasteiger partial charge on any atom is 0.306 e. The zero-order chi connectivity index (χ0) is 17.1. The average molecular weight is 313 g/mol. The van der Waals surface area contributed by atoms with Crippen LogP contribution in [0.4, 0.5) is 0 Å². The Kier molecular flexibility index (Phi) is 21.6. The normalized spacial score (nSPS) is 10.0. The zero-order valence-electron chi connectivity index (χ0n) is 15.7. The van der Waals surface area contributed by atoms with E-state index in [1.807, 2.05) is 20.8 Å². The molecule has 2 nitrogen and oxygen atoms in total. The molecule has 0 rings (SSSR count). The smallest absolute Gasteiger partial charge is 0.306 e. The van der Waals surface area contributed by atoms with Gasteiger partial charge in [0.25, 0.3) is 0 Å². The van der Waals surface area contributed by atoms with Crippen LogP contribution in [-0.2, 0) is 9.53 Å². The van der Waals surface area contributed by atoms with Crippen LogP contribution < -0.4 is 0 Å². The van der Waals surface area contributed by atoms with Crippen molar-refractivity contribution in [1.29, 1.82) is 0 Å². The Balaban J connectivity index is 0. The first kappa shape index (κ1) is 23.5. The number of rotatable bonds is 13. The van der Waals surface area contributed by atoms with Gasteiger partial charge in [-0.05, 0) is 27.2 Å². The third kappa shape index (κ3) is 24.2. The summed E-state index contributed by atoms with van der Waals surface area (Å²) in [6.07, 6.45) is 16.8. The molecular weight excluding hydrogens is 272 g/mol.